The van der Waals surface area contributed by atoms with E-state index in [-0.39, 0.29) is 0 Å². The standard InChI is InChI=1S/C10H18N3/c1-8(2)9(3)11-10-12(4)6-7-13(10)5/h1,6-7H2,2-5H3/q+1. The number of aliphatic imine (C=N–C) groups is 1. The van der Waals surface area contributed by atoms with Crippen LogP contribution < -0.4 is 0 Å². The van der Waals surface area contributed by atoms with E-state index in [0.717, 1.165) is 30.3 Å². The summed E-state index contributed by atoms with van der Waals surface area (Å²) in [6, 6.07) is 0. The molecule has 0 aromatic carbocycles. The van der Waals surface area contributed by atoms with Crippen molar-refractivity contribution >= 4 is 11.7 Å². The molecule has 0 bridgehead atoms. The van der Waals surface area contributed by atoms with Gasteiger partial charge in [-0.05, 0) is 19.4 Å². The number of likely N-dealkylation sites (N-methyl/N-ethyl adjacent to an activating group) is 2. The Morgan fingerprint density at radius 2 is 2.15 bits per heavy atom. The second-order valence-corrected chi connectivity index (χ2v) is 3.62. The monoisotopic (exact) mass is 180 g/mol. The van der Waals surface area contributed by atoms with Crippen LogP contribution in [0.1, 0.15) is 13.8 Å². The maximum absolute atomic E-state index is 4.52. The molecule has 0 aliphatic carbocycles. The quantitative estimate of drug-likeness (QED) is 0.434. The fraction of sp³-hybridized carbons (Fsp3) is 0.600. The van der Waals surface area contributed by atoms with Gasteiger partial charge in [-0.25, -0.2) is 0 Å². The molecule has 1 aliphatic rings. The molecule has 0 saturated heterocycles. The summed E-state index contributed by atoms with van der Waals surface area (Å²) < 4.78 is 2.16. The molecule has 3 heteroatoms. The van der Waals surface area contributed by atoms with Gasteiger partial charge in [-0.2, -0.15) is 0 Å². The van der Waals surface area contributed by atoms with Gasteiger partial charge in [-0.15, -0.1) is 0 Å². The summed E-state index contributed by atoms with van der Waals surface area (Å²) in [5, 5.41) is 0. The second-order valence-electron chi connectivity index (χ2n) is 3.62. The average Bonchev–Trinajstić information content (AvgIpc) is 2.35. The van der Waals surface area contributed by atoms with E-state index in [1.54, 1.807) is 0 Å². The Balaban J connectivity index is 2.90. The number of guanidine groups is 1. The molecule has 13 heavy (non-hydrogen) atoms. The van der Waals surface area contributed by atoms with Gasteiger partial charge in [-0.3, -0.25) is 9.48 Å². The predicted octanol–water partition coefficient (Wildman–Crippen LogP) is 0.967. The van der Waals surface area contributed by atoms with Crippen LogP contribution in [0.4, 0.5) is 0 Å². The van der Waals surface area contributed by atoms with E-state index >= 15 is 0 Å². The van der Waals surface area contributed by atoms with E-state index in [0.29, 0.717) is 0 Å². The number of hydrogen-bond acceptors (Lipinski definition) is 2. The van der Waals surface area contributed by atoms with Gasteiger partial charge >= 0.3 is 5.96 Å². The van der Waals surface area contributed by atoms with Crippen LogP contribution in [-0.2, 0) is 0 Å². The summed E-state index contributed by atoms with van der Waals surface area (Å²) >= 11 is 0. The van der Waals surface area contributed by atoms with Crippen LogP contribution in [0.2, 0.25) is 0 Å². The van der Waals surface area contributed by atoms with Gasteiger partial charge in [0.25, 0.3) is 0 Å². The van der Waals surface area contributed by atoms with Gasteiger partial charge in [0.2, 0.25) is 0 Å². The number of rotatable bonds is 1. The molecule has 0 spiro atoms. The van der Waals surface area contributed by atoms with Gasteiger partial charge in [-0.1, -0.05) is 11.6 Å². The first-order valence-corrected chi connectivity index (χ1v) is 4.52. The zero-order valence-electron chi connectivity index (χ0n) is 8.96. The van der Waals surface area contributed by atoms with Crippen LogP contribution in [0.3, 0.4) is 0 Å². The normalized spacial score (nSPS) is 18.5. The van der Waals surface area contributed by atoms with Gasteiger partial charge < -0.3 is 0 Å². The smallest absolute Gasteiger partial charge is 0.261 e. The first-order chi connectivity index (χ1) is 6.02. The molecule has 72 valence electrons. The Bertz CT molecular complexity index is 287. The van der Waals surface area contributed by atoms with Gasteiger partial charge in [0, 0.05) is 0 Å². The zero-order chi connectivity index (χ0) is 10.0. The Hall–Kier alpha value is -1.12. The van der Waals surface area contributed by atoms with Crippen molar-refractivity contribution < 1.29 is 4.58 Å². The molecule has 0 atom stereocenters. The van der Waals surface area contributed by atoms with Crippen molar-refractivity contribution in [2.24, 2.45) is 4.99 Å². The van der Waals surface area contributed by atoms with E-state index in [1.807, 2.05) is 13.8 Å². The number of allylic oxidation sites excluding steroid dienone is 1. The summed E-state index contributed by atoms with van der Waals surface area (Å²) in [5.41, 5.74) is 2.04. The molecule has 0 radical (unpaired) electrons. The minimum atomic E-state index is 1.01. The number of nitrogens with zero attached hydrogens (tertiary/aromatic N) is 3. The molecule has 3 nitrogen and oxygen atoms in total. The van der Waals surface area contributed by atoms with E-state index in [4.69, 9.17) is 0 Å². The Morgan fingerprint density at radius 3 is 2.54 bits per heavy atom. The van der Waals surface area contributed by atoms with Crippen molar-refractivity contribution in [3.05, 3.63) is 12.2 Å². The molecule has 0 fully saturated rings. The van der Waals surface area contributed by atoms with Gasteiger partial charge in [0.05, 0.1) is 27.2 Å². The first-order valence-electron chi connectivity index (χ1n) is 4.52. The fourth-order valence-electron chi connectivity index (χ4n) is 1.21. The van der Waals surface area contributed by atoms with E-state index < -0.39 is 0 Å². The maximum Gasteiger partial charge on any atom is 0.389 e. The van der Waals surface area contributed by atoms with Crippen LogP contribution in [0.25, 0.3) is 0 Å². The van der Waals surface area contributed by atoms with Crippen LogP contribution >= 0.6 is 0 Å². The lowest BCUT2D eigenvalue weighted by Crippen LogP contribution is -2.23. The summed E-state index contributed by atoms with van der Waals surface area (Å²) in [5.74, 6) is 1.04. The largest absolute Gasteiger partial charge is 0.389 e. The Kier molecular flexibility index (Phi) is 2.86. The molecule has 1 heterocycles. The lowest BCUT2D eigenvalue weighted by atomic mass is 10.2. The third-order valence-corrected chi connectivity index (χ3v) is 2.34. The second kappa shape index (κ2) is 3.73. The molecule has 0 unspecified atom stereocenters. The van der Waals surface area contributed by atoms with E-state index in [1.165, 1.54) is 0 Å². The third kappa shape index (κ3) is 2.17. The Labute approximate surface area is 80.1 Å². The SMILES string of the molecule is C=C(C)C(C)=NC1=[N+](C)CCN1C. The minimum absolute atomic E-state index is 1.01. The van der Waals surface area contributed by atoms with Gasteiger partial charge in [0.1, 0.15) is 5.71 Å². The van der Waals surface area contributed by atoms with Crippen molar-refractivity contribution in [3.63, 3.8) is 0 Å². The van der Waals surface area contributed by atoms with Crippen LogP contribution in [0.5, 0.6) is 0 Å². The van der Waals surface area contributed by atoms with Crippen molar-refractivity contribution in [2.75, 3.05) is 27.2 Å². The van der Waals surface area contributed by atoms with Crippen molar-refractivity contribution in [3.8, 4) is 0 Å². The third-order valence-electron chi connectivity index (χ3n) is 2.34. The molecule has 0 aromatic heterocycles. The van der Waals surface area contributed by atoms with Crippen molar-refractivity contribution in [1.29, 1.82) is 0 Å². The van der Waals surface area contributed by atoms with Gasteiger partial charge in [0.15, 0.2) is 0 Å². The minimum Gasteiger partial charge on any atom is -0.261 e. The zero-order valence-corrected chi connectivity index (χ0v) is 8.96. The molecule has 0 saturated carbocycles. The highest BCUT2D eigenvalue weighted by Crippen LogP contribution is 2.01. The fourth-order valence-corrected chi connectivity index (χ4v) is 1.21. The first kappa shape index (κ1) is 9.96. The highest BCUT2D eigenvalue weighted by Gasteiger charge is 2.24. The summed E-state index contributed by atoms with van der Waals surface area (Å²) in [4.78, 5) is 6.68. The summed E-state index contributed by atoms with van der Waals surface area (Å²) in [6.45, 7) is 9.95. The van der Waals surface area contributed by atoms with Crippen molar-refractivity contribution in [1.82, 2.24) is 4.90 Å². The average molecular weight is 180 g/mol. The van der Waals surface area contributed by atoms with Crippen LogP contribution in [0.15, 0.2) is 17.1 Å². The molecule has 0 amide bonds. The molecule has 0 N–H and O–H groups in total. The predicted molar refractivity (Wildman–Crippen MR) is 56.6 cm³/mol. The van der Waals surface area contributed by atoms with E-state index in [2.05, 4.69) is 35.1 Å². The lowest BCUT2D eigenvalue weighted by Gasteiger charge is -2.01. The van der Waals surface area contributed by atoms with Crippen LogP contribution in [-0.4, -0.2) is 48.3 Å². The topological polar surface area (TPSA) is 18.6 Å². The molecule has 1 rings (SSSR count). The number of hydrogen-bond donors (Lipinski definition) is 0. The van der Waals surface area contributed by atoms with Crippen molar-refractivity contribution in [2.45, 2.75) is 13.8 Å². The molecule has 1 aliphatic heterocycles. The lowest BCUT2D eigenvalue weighted by molar-refractivity contribution is -0.487. The maximum atomic E-state index is 4.52. The highest BCUT2D eigenvalue weighted by atomic mass is 15.3. The summed E-state index contributed by atoms with van der Waals surface area (Å²) in [6.07, 6.45) is 0. The Morgan fingerprint density at radius 1 is 1.54 bits per heavy atom. The highest BCUT2D eigenvalue weighted by molar-refractivity contribution is 6.03. The van der Waals surface area contributed by atoms with Crippen LogP contribution in [0, 0.1) is 0 Å². The molecule has 0 aromatic rings. The van der Waals surface area contributed by atoms with E-state index in [9.17, 15) is 0 Å². The molecular formula is C10H18N3+. The molecular weight excluding hydrogens is 162 g/mol. The summed E-state index contributed by atoms with van der Waals surface area (Å²) in [7, 11) is 4.13.